The number of aromatic nitrogens is 1. The third kappa shape index (κ3) is 6.33. The molecule has 1 aliphatic heterocycles. The second-order valence-corrected chi connectivity index (χ2v) is 7.92. The lowest BCUT2D eigenvalue weighted by Gasteiger charge is -2.19. The lowest BCUT2D eigenvalue weighted by Crippen LogP contribution is -2.43. The number of rotatable bonds is 9. The number of nitrogens with one attached hydrogen (secondary N) is 2. The van der Waals surface area contributed by atoms with Crippen LogP contribution in [-0.4, -0.2) is 48.4 Å². The van der Waals surface area contributed by atoms with Crippen molar-refractivity contribution in [2.45, 2.75) is 37.5 Å². The van der Waals surface area contributed by atoms with E-state index in [9.17, 15) is 9.59 Å². The molecule has 1 aromatic heterocycles. The van der Waals surface area contributed by atoms with Crippen LogP contribution in [0.4, 0.5) is 0 Å². The first-order valence-corrected chi connectivity index (χ1v) is 11.1. The standard InChI is InChI=1S/C21H27N3O4S/c1-2-27-21(26)18(14-29-13-15-7-4-3-5-8-15)23-19(25)17-12-28-20(24-17)16-9-6-10-22-11-16/h3-5,7-8,12,16,18,22H,2,6,9-11,13-14H2,1H3,(H,23,25). The fourth-order valence-electron chi connectivity index (χ4n) is 3.15. The summed E-state index contributed by atoms with van der Waals surface area (Å²) in [5.41, 5.74) is 1.35. The van der Waals surface area contributed by atoms with Crippen molar-refractivity contribution < 1.29 is 18.7 Å². The molecule has 1 saturated heterocycles. The van der Waals surface area contributed by atoms with Crippen molar-refractivity contribution in [1.29, 1.82) is 0 Å². The second-order valence-electron chi connectivity index (χ2n) is 6.89. The first-order valence-electron chi connectivity index (χ1n) is 9.92. The summed E-state index contributed by atoms with van der Waals surface area (Å²) < 4.78 is 10.6. The van der Waals surface area contributed by atoms with E-state index in [-0.39, 0.29) is 18.2 Å². The maximum atomic E-state index is 12.6. The molecule has 0 radical (unpaired) electrons. The normalized spacial score (nSPS) is 17.5. The van der Waals surface area contributed by atoms with Crippen molar-refractivity contribution in [3.63, 3.8) is 0 Å². The van der Waals surface area contributed by atoms with Gasteiger partial charge in [-0.2, -0.15) is 11.8 Å². The predicted octanol–water partition coefficient (Wildman–Crippen LogP) is 2.74. The van der Waals surface area contributed by atoms with Gasteiger partial charge in [-0.1, -0.05) is 30.3 Å². The summed E-state index contributed by atoms with van der Waals surface area (Å²) >= 11 is 1.57. The smallest absolute Gasteiger partial charge is 0.329 e. The third-order valence-corrected chi connectivity index (χ3v) is 5.78. The fourth-order valence-corrected chi connectivity index (χ4v) is 4.16. The molecule has 2 heterocycles. The minimum atomic E-state index is -0.743. The Labute approximate surface area is 175 Å². The Bertz CT molecular complexity index is 790. The summed E-state index contributed by atoms with van der Waals surface area (Å²) in [6.45, 7) is 3.79. The zero-order valence-corrected chi connectivity index (χ0v) is 17.4. The van der Waals surface area contributed by atoms with Crippen molar-refractivity contribution in [1.82, 2.24) is 15.6 Å². The van der Waals surface area contributed by atoms with Crippen LogP contribution in [0.25, 0.3) is 0 Å². The molecule has 8 heteroatoms. The highest BCUT2D eigenvalue weighted by molar-refractivity contribution is 7.98. The van der Waals surface area contributed by atoms with Gasteiger partial charge in [0.2, 0.25) is 0 Å². The lowest BCUT2D eigenvalue weighted by atomic mass is 10.00. The number of carbonyl (C=O) groups is 2. The van der Waals surface area contributed by atoms with Crippen molar-refractivity contribution in [2.24, 2.45) is 0 Å². The molecular formula is C21H27N3O4S. The van der Waals surface area contributed by atoms with Crippen LogP contribution >= 0.6 is 11.8 Å². The Kier molecular flexibility index (Phi) is 8.13. The first-order chi connectivity index (χ1) is 14.2. The summed E-state index contributed by atoms with van der Waals surface area (Å²) in [7, 11) is 0. The van der Waals surface area contributed by atoms with Crippen LogP contribution < -0.4 is 10.6 Å². The number of nitrogens with zero attached hydrogens (tertiary/aromatic N) is 1. The minimum absolute atomic E-state index is 0.174. The van der Waals surface area contributed by atoms with Gasteiger partial charge in [0.25, 0.3) is 5.91 Å². The highest BCUT2D eigenvalue weighted by Crippen LogP contribution is 2.22. The molecule has 0 saturated carbocycles. The summed E-state index contributed by atoms with van der Waals surface area (Å²) in [6, 6.07) is 9.23. The Morgan fingerprint density at radius 1 is 1.38 bits per heavy atom. The van der Waals surface area contributed by atoms with E-state index in [1.54, 1.807) is 18.7 Å². The topological polar surface area (TPSA) is 93.5 Å². The summed E-state index contributed by atoms with van der Waals surface area (Å²) in [6.07, 6.45) is 3.40. The molecular weight excluding hydrogens is 390 g/mol. The van der Waals surface area contributed by atoms with Crippen LogP contribution in [0.3, 0.4) is 0 Å². The Morgan fingerprint density at radius 3 is 2.93 bits per heavy atom. The monoisotopic (exact) mass is 417 g/mol. The number of hydrogen-bond donors (Lipinski definition) is 2. The lowest BCUT2D eigenvalue weighted by molar-refractivity contribution is -0.144. The number of esters is 1. The molecule has 1 fully saturated rings. The van der Waals surface area contributed by atoms with E-state index in [1.807, 2.05) is 30.3 Å². The number of piperidine rings is 1. The van der Waals surface area contributed by atoms with Crippen LogP contribution in [-0.2, 0) is 15.3 Å². The maximum absolute atomic E-state index is 12.6. The van der Waals surface area contributed by atoms with Crippen LogP contribution in [0.2, 0.25) is 0 Å². The molecule has 3 rings (SSSR count). The highest BCUT2D eigenvalue weighted by Gasteiger charge is 2.26. The number of ether oxygens (including phenoxy) is 1. The van der Waals surface area contributed by atoms with E-state index in [4.69, 9.17) is 9.15 Å². The van der Waals surface area contributed by atoms with Gasteiger partial charge in [-0.05, 0) is 31.9 Å². The van der Waals surface area contributed by atoms with Crippen molar-refractivity contribution in [2.75, 3.05) is 25.4 Å². The first kappa shape index (κ1) is 21.4. The SMILES string of the molecule is CCOC(=O)C(CSCc1ccccc1)NC(=O)c1coc(C2CCCNC2)n1. The maximum Gasteiger partial charge on any atom is 0.329 e. The quantitative estimate of drug-likeness (QED) is 0.606. The van der Waals surface area contributed by atoms with Crippen LogP contribution in [0.15, 0.2) is 41.0 Å². The number of hydrogen-bond acceptors (Lipinski definition) is 7. The van der Waals surface area contributed by atoms with Gasteiger partial charge in [-0.25, -0.2) is 9.78 Å². The van der Waals surface area contributed by atoms with E-state index in [2.05, 4.69) is 15.6 Å². The Balaban J connectivity index is 1.58. The van der Waals surface area contributed by atoms with Gasteiger partial charge in [0.1, 0.15) is 12.3 Å². The van der Waals surface area contributed by atoms with Crippen LogP contribution in [0, 0.1) is 0 Å². The molecule has 2 atom stereocenters. The summed E-state index contributed by atoms with van der Waals surface area (Å²) in [5, 5.41) is 6.05. The number of carbonyl (C=O) groups excluding carboxylic acids is 2. The van der Waals surface area contributed by atoms with Gasteiger partial charge in [-0.15, -0.1) is 0 Å². The third-order valence-electron chi connectivity index (χ3n) is 4.67. The number of thioether (sulfide) groups is 1. The largest absolute Gasteiger partial charge is 0.464 e. The molecule has 2 aromatic rings. The van der Waals surface area contributed by atoms with E-state index < -0.39 is 17.9 Å². The molecule has 1 aliphatic rings. The van der Waals surface area contributed by atoms with Crippen LogP contribution in [0.5, 0.6) is 0 Å². The Hall–Kier alpha value is -2.32. The van der Waals surface area contributed by atoms with Crippen molar-refractivity contribution >= 4 is 23.6 Å². The zero-order chi connectivity index (χ0) is 20.5. The van der Waals surface area contributed by atoms with Crippen LogP contribution in [0.1, 0.15) is 47.6 Å². The molecule has 29 heavy (non-hydrogen) atoms. The highest BCUT2D eigenvalue weighted by atomic mass is 32.2. The average molecular weight is 418 g/mol. The van der Waals surface area contributed by atoms with Crippen molar-refractivity contribution in [3.8, 4) is 0 Å². The summed E-state index contributed by atoms with van der Waals surface area (Å²) in [4.78, 5) is 29.3. The van der Waals surface area contributed by atoms with Gasteiger partial charge in [-0.3, -0.25) is 4.79 Å². The number of oxazole rings is 1. The van der Waals surface area contributed by atoms with E-state index >= 15 is 0 Å². The minimum Gasteiger partial charge on any atom is -0.464 e. The van der Waals surface area contributed by atoms with E-state index in [0.29, 0.717) is 11.6 Å². The predicted molar refractivity (Wildman–Crippen MR) is 112 cm³/mol. The molecule has 156 valence electrons. The van der Waals surface area contributed by atoms with Gasteiger partial charge in [0.05, 0.1) is 6.61 Å². The zero-order valence-electron chi connectivity index (χ0n) is 16.6. The van der Waals surface area contributed by atoms with Gasteiger partial charge in [0.15, 0.2) is 11.6 Å². The van der Waals surface area contributed by atoms with Crippen molar-refractivity contribution in [3.05, 3.63) is 53.7 Å². The fraction of sp³-hybridized carbons (Fsp3) is 0.476. The molecule has 0 spiro atoms. The molecule has 1 amide bonds. The molecule has 0 aliphatic carbocycles. The Morgan fingerprint density at radius 2 is 2.21 bits per heavy atom. The molecule has 7 nitrogen and oxygen atoms in total. The molecule has 2 unspecified atom stereocenters. The van der Waals surface area contributed by atoms with E-state index in [1.165, 1.54) is 6.26 Å². The van der Waals surface area contributed by atoms with Gasteiger partial charge >= 0.3 is 5.97 Å². The molecule has 2 N–H and O–H groups in total. The molecule has 0 bridgehead atoms. The molecule has 1 aromatic carbocycles. The number of amides is 1. The number of benzene rings is 1. The summed E-state index contributed by atoms with van der Waals surface area (Å²) in [5.74, 6) is 1.02. The van der Waals surface area contributed by atoms with E-state index in [0.717, 1.165) is 37.2 Å². The van der Waals surface area contributed by atoms with Gasteiger partial charge < -0.3 is 19.8 Å². The van der Waals surface area contributed by atoms with Gasteiger partial charge in [0, 0.05) is 24.0 Å². The second kappa shape index (κ2) is 11.0. The average Bonchev–Trinajstić information content (AvgIpc) is 3.25.